The first-order valence-corrected chi connectivity index (χ1v) is 9.13. The van der Waals surface area contributed by atoms with Gasteiger partial charge in [0.05, 0.1) is 19.8 Å². The molecule has 1 aromatic carbocycles. The number of anilines is 1. The van der Waals surface area contributed by atoms with Crippen molar-refractivity contribution in [3.05, 3.63) is 78.6 Å². The highest BCUT2D eigenvalue weighted by Crippen LogP contribution is 2.25. The summed E-state index contributed by atoms with van der Waals surface area (Å²) < 4.78 is 5.57. The van der Waals surface area contributed by atoms with E-state index in [-0.39, 0.29) is 29.0 Å². The molecule has 3 aromatic rings. The molecule has 0 fully saturated rings. The van der Waals surface area contributed by atoms with Gasteiger partial charge in [0.1, 0.15) is 12.4 Å². The van der Waals surface area contributed by atoms with Gasteiger partial charge < -0.3 is 10.1 Å². The van der Waals surface area contributed by atoms with Crippen LogP contribution >= 0.6 is 34.5 Å². The summed E-state index contributed by atoms with van der Waals surface area (Å²) in [4.78, 5) is 26.9. The average Bonchev–Trinajstić information content (AvgIpc) is 3.12. The normalized spacial score (nSPS) is 10.4. The van der Waals surface area contributed by atoms with Gasteiger partial charge >= 0.3 is 0 Å². The van der Waals surface area contributed by atoms with E-state index >= 15 is 0 Å². The van der Waals surface area contributed by atoms with Crippen molar-refractivity contribution in [1.82, 2.24) is 4.98 Å². The number of carbonyl (C=O) groups excluding carboxylic acids is 1. The maximum Gasteiger partial charge on any atom is 0.269 e. The lowest BCUT2D eigenvalue weighted by Gasteiger charge is -2.05. The van der Waals surface area contributed by atoms with Gasteiger partial charge in [-0.2, -0.15) is 0 Å². The number of aromatic nitrogens is 1. The predicted molar refractivity (Wildman–Crippen MR) is 104 cm³/mol. The van der Waals surface area contributed by atoms with Gasteiger partial charge in [-0.15, -0.1) is 11.3 Å². The van der Waals surface area contributed by atoms with E-state index in [0.29, 0.717) is 15.6 Å². The molecule has 10 heteroatoms. The second kappa shape index (κ2) is 8.34. The zero-order chi connectivity index (χ0) is 19.4. The van der Waals surface area contributed by atoms with Gasteiger partial charge in [-0.25, -0.2) is 4.98 Å². The number of nitro groups is 1. The highest BCUT2D eigenvalue weighted by molar-refractivity contribution is 7.12. The zero-order valence-electron chi connectivity index (χ0n) is 13.5. The summed E-state index contributed by atoms with van der Waals surface area (Å²) in [6, 6.07) is 8.95. The van der Waals surface area contributed by atoms with E-state index in [4.69, 9.17) is 27.9 Å². The summed E-state index contributed by atoms with van der Waals surface area (Å²) in [6.45, 7) is 0.224. The molecular formula is C17H11Cl2N3O4S. The number of nitro benzene ring substituents is 1. The van der Waals surface area contributed by atoms with Crippen molar-refractivity contribution < 1.29 is 14.5 Å². The van der Waals surface area contributed by atoms with E-state index < -0.39 is 4.92 Å². The zero-order valence-corrected chi connectivity index (χ0v) is 15.8. The number of thiophene rings is 1. The Morgan fingerprint density at radius 2 is 2.00 bits per heavy atom. The molecule has 0 aliphatic rings. The summed E-state index contributed by atoms with van der Waals surface area (Å²) >= 11 is 13.0. The van der Waals surface area contributed by atoms with E-state index in [1.165, 1.54) is 47.9 Å². The van der Waals surface area contributed by atoms with Crippen LogP contribution in [0.1, 0.15) is 15.2 Å². The van der Waals surface area contributed by atoms with Gasteiger partial charge in [0, 0.05) is 23.9 Å². The molecule has 0 atom stereocenters. The largest absolute Gasteiger partial charge is 0.489 e. The van der Waals surface area contributed by atoms with Crippen LogP contribution < -0.4 is 10.1 Å². The number of ether oxygens (including phenoxy) is 1. The van der Waals surface area contributed by atoms with E-state index in [9.17, 15) is 14.9 Å². The summed E-state index contributed by atoms with van der Waals surface area (Å²) in [5, 5.41) is 15.7. The molecule has 2 heterocycles. The molecule has 138 valence electrons. The molecule has 0 spiro atoms. The number of pyridine rings is 1. The Morgan fingerprint density at radius 3 is 2.67 bits per heavy atom. The van der Waals surface area contributed by atoms with Crippen molar-refractivity contribution in [3.63, 3.8) is 0 Å². The highest BCUT2D eigenvalue weighted by Gasteiger charge is 2.13. The number of halogens is 2. The van der Waals surface area contributed by atoms with Gasteiger partial charge in [-0.05, 0) is 29.6 Å². The number of carbonyl (C=O) groups is 1. The molecule has 0 bridgehead atoms. The molecule has 7 nitrogen and oxygen atoms in total. The summed E-state index contributed by atoms with van der Waals surface area (Å²) in [6.07, 6.45) is 1.39. The third-order valence-electron chi connectivity index (χ3n) is 3.37. The van der Waals surface area contributed by atoms with Crippen LogP contribution in [0.4, 0.5) is 11.5 Å². The van der Waals surface area contributed by atoms with Crippen molar-refractivity contribution >= 4 is 52.0 Å². The fourth-order valence-corrected chi connectivity index (χ4v) is 3.30. The van der Waals surface area contributed by atoms with E-state index in [1.807, 2.05) is 0 Å². The second-order valence-electron chi connectivity index (χ2n) is 5.30. The lowest BCUT2D eigenvalue weighted by atomic mass is 10.3. The topological polar surface area (TPSA) is 94.4 Å². The van der Waals surface area contributed by atoms with Gasteiger partial charge in [-0.1, -0.05) is 23.2 Å². The average molecular weight is 424 g/mol. The number of nitrogens with one attached hydrogen (secondary N) is 1. The predicted octanol–water partition coefficient (Wildman–Crippen LogP) is 5.19. The third kappa shape index (κ3) is 4.94. The Labute approximate surface area is 167 Å². The standard InChI is InChI=1S/C17H11Cl2N3O4S/c18-11-6-14(19)16(20-7-11)21-17(23)15-5-10(9-27-15)8-26-13-3-1-12(2-4-13)22(24)25/h1-7,9H,8H2,(H,20,21,23). The Kier molecular flexibility index (Phi) is 5.90. The Morgan fingerprint density at radius 1 is 1.26 bits per heavy atom. The quantitative estimate of drug-likeness (QED) is 0.434. The van der Waals surface area contributed by atoms with Crippen molar-refractivity contribution in [3.8, 4) is 5.75 Å². The summed E-state index contributed by atoms with van der Waals surface area (Å²) in [5.74, 6) is 0.372. The molecule has 3 rings (SSSR count). The number of hydrogen-bond donors (Lipinski definition) is 1. The molecule has 27 heavy (non-hydrogen) atoms. The maximum atomic E-state index is 12.3. The smallest absolute Gasteiger partial charge is 0.269 e. The number of nitrogens with zero attached hydrogens (tertiary/aromatic N) is 2. The van der Waals surface area contributed by atoms with Crippen molar-refractivity contribution in [2.24, 2.45) is 0 Å². The molecule has 0 aliphatic heterocycles. The second-order valence-corrected chi connectivity index (χ2v) is 7.05. The van der Waals surface area contributed by atoms with Gasteiger partial charge in [0.2, 0.25) is 0 Å². The molecular weight excluding hydrogens is 413 g/mol. The fourth-order valence-electron chi connectivity index (χ4n) is 2.08. The van der Waals surface area contributed by atoms with E-state index in [1.54, 1.807) is 11.4 Å². The van der Waals surface area contributed by atoms with Crippen LogP contribution in [0.2, 0.25) is 10.0 Å². The van der Waals surface area contributed by atoms with E-state index in [0.717, 1.165) is 5.56 Å². The van der Waals surface area contributed by atoms with Crippen molar-refractivity contribution in [2.45, 2.75) is 6.61 Å². The number of hydrogen-bond acceptors (Lipinski definition) is 6. The van der Waals surface area contributed by atoms with Gasteiger partial charge in [-0.3, -0.25) is 14.9 Å². The molecule has 1 N–H and O–H groups in total. The highest BCUT2D eigenvalue weighted by atomic mass is 35.5. The van der Waals surface area contributed by atoms with Crippen LogP contribution in [0, 0.1) is 10.1 Å². The first kappa shape index (κ1) is 19.1. The Hall–Kier alpha value is -2.68. The molecule has 0 aliphatic carbocycles. The summed E-state index contributed by atoms with van der Waals surface area (Å²) in [5.41, 5.74) is 0.782. The maximum absolute atomic E-state index is 12.3. The van der Waals surface area contributed by atoms with E-state index in [2.05, 4.69) is 10.3 Å². The third-order valence-corrected chi connectivity index (χ3v) is 4.84. The Bertz CT molecular complexity index is 992. The Balaban J connectivity index is 1.60. The molecule has 0 unspecified atom stereocenters. The van der Waals surface area contributed by atoms with Crippen LogP contribution in [0.25, 0.3) is 0 Å². The SMILES string of the molecule is O=C(Nc1ncc(Cl)cc1Cl)c1cc(COc2ccc([N+](=O)[O-])cc2)cs1. The molecule has 1 amide bonds. The number of rotatable bonds is 6. The first-order valence-electron chi connectivity index (χ1n) is 7.49. The van der Waals surface area contributed by atoms with Crippen molar-refractivity contribution in [2.75, 3.05) is 5.32 Å². The summed E-state index contributed by atoms with van der Waals surface area (Å²) in [7, 11) is 0. The first-order chi connectivity index (χ1) is 12.9. The molecule has 0 saturated heterocycles. The molecule has 0 radical (unpaired) electrons. The minimum Gasteiger partial charge on any atom is -0.489 e. The minimum atomic E-state index is -0.477. The van der Waals surface area contributed by atoms with Gasteiger partial charge in [0.25, 0.3) is 11.6 Å². The number of amides is 1. The van der Waals surface area contributed by atoms with Crippen LogP contribution in [-0.4, -0.2) is 15.8 Å². The molecule has 0 saturated carbocycles. The molecule has 2 aromatic heterocycles. The van der Waals surface area contributed by atoms with Crippen LogP contribution in [-0.2, 0) is 6.61 Å². The lowest BCUT2D eigenvalue weighted by molar-refractivity contribution is -0.384. The fraction of sp³-hybridized carbons (Fsp3) is 0.0588. The monoisotopic (exact) mass is 423 g/mol. The van der Waals surface area contributed by atoms with Crippen LogP contribution in [0.5, 0.6) is 5.75 Å². The van der Waals surface area contributed by atoms with Crippen LogP contribution in [0.3, 0.4) is 0 Å². The van der Waals surface area contributed by atoms with Crippen molar-refractivity contribution in [1.29, 1.82) is 0 Å². The van der Waals surface area contributed by atoms with Crippen LogP contribution in [0.15, 0.2) is 48.0 Å². The lowest BCUT2D eigenvalue weighted by Crippen LogP contribution is -2.11. The minimum absolute atomic E-state index is 0.00805. The number of non-ortho nitro benzene ring substituents is 1. The van der Waals surface area contributed by atoms with Gasteiger partial charge in [0.15, 0.2) is 5.82 Å². The number of benzene rings is 1.